The molecule has 4 rings (SSSR count). The molecule has 9 heteroatoms. The van der Waals surface area contributed by atoms with E-state index in [9.17, 15) is 18.0 Å². The lowest BCUT2D eigenvalue weighted by Crippen LogP contribution is -2.27. The third-order valence-corrected chi connectivity index (χ3v) is 4.87. The molecular formula is C23H18F3N3O3. The number of halogens is 3. The number of hydrogen-bond acceptors (Lipinski definition) is 5. The van der Waals surface area contributed by atoms with Crippen molar-refractivity contribution >= 4 is 5.97 Å². The average Bonchev–Trinajstić information content (AvgIpc) is 3.38. The standard InChI is InChI=1S/C23H18F3N3O3/c1-14-19(15(2)29(28-14)17-11-7-4-8-12-17)20(23(24,25)26)32-22(30)18-13-31-21(27-18)16-9-5-3-6-10-16/h3-13,20H,1-2H3/t20-/m0/s1. The Balaban J connectivity index is 1.66. The first-order valence-electron chi connectivity index (χ1n) is 9.66. The quantitative estimate of drug-likeness (QED) is 0.377. The Bertz CT molecular complexity index is 1230. The molecule has 6 nitrogen and oxygen atoms in total. The maximum absolute atomic E-state index is 14.0. The summed E-state index contributed by atoms with van der Waals surface area (Å²) in [6, 6.07) is 17.4. The molecule has 0 unspecified atom stereocenters. The average molecular weight is 441 g/mol. The lowest BCUT2D eigenvalue weighted by atomic mass is 10.1. The van der Waals surface area contributed by atoms with Crippen molar-refractivity contribution < 1.29 is 27.1 Å². The molecule has 0 saturated heterocycles. The van der Waals surface area contributed by atoms with Crippen molar-refractivity contribution in [3.8, 4) is 17.1 Å². The molecule has 0 aliphatic rings. The number of nitrogens with zero attached hydrogens (tertiary/aromatic N) is 3. The number of rotatable bonds is 5. The molecule has 0 aliphatic heterocycles. The van der Waals surface area contributed by atoms with Crippen molar-refractivity contribution in [3.05, 3.63) is 89.6 Å². The van der Waals surface area contributed by atoms with Gasteiger partial charge in [-0.2, -0.15) is 18.3 Å². The highest BCUT2D eigenvalue weighted by molar-refractivity contribution is 5.87. The fraction of sp³-hybridized carbons (Fsp3) is 0.174. The highest BCUT2D eigenvalue weighted by Gasteiger charge is 2.47. The number of ether oxygens (including phenoxy) is 1. The van der Waals surface area contributed by atoms with Crippen molar-refractivity contribution in [2.24, 2.45) is 0 Å². The molecule has 0 bridgehead atoms. The van der Waals surface area contributed by atoms with E-state index in [2.05, 4.69) is 10.1 Å². The van der Waals surface area contributed by atoms with E-state index in [0.29, 0.717) is 11.3 Å². The van der Waals surface area contributed by atoms with Gasteiger partial charge in [0, 0.05) is 16.8 Å². The van der Waals surface area contributed by atoms with Crippen LogP contribution in [0.4, 0.5) is 13.2 Å². The molecule has 4 aromatic rings. The van der Waals surface area contributed by atoms with Gasteiger partial charge in [-0.25, -0.2) is 14.5 Å². The molecule has 164 valence electrons. The van der Waals surface area contributed by atoms with E-state index in [1.807, 2.05) is 0 Å². The van der Waals surface area contributed by atoms with Crippen LogP contribution < -0.4 is 0 Å². The van der Waals surface area contributed by atoms with Gasteiger partial charge in [0.05, 0.1) is 11.4 Å². The van der Waals surface area contributed by atoms with Gasteiger partial charge < -0.3 is 9.15 Å². The summed E-state index contributed by atoms with van der Waals surface area (Å²) in [5.41, 5.74) is 0.913. The molecule has 0 N–H and O–H groups in total. The normalized spacial score (nSPS) is 12.5. The molecule has 32 heavy (non-hydrogen) atoms. The number of carbonyl (C=O) groups excluding carboxylic acids is 1. The minimum absolute atomic E-state index is 0.102. The van der Waals surface area contributed by atoms with Crippen molar-refractivity contribution in [1.29, 1.82) is 0 Å². The summed E-state index contributed by atoms with van der Waals surface area (Å²) in [7, 11) is 0. The Labute approximate surface area is 181 Å². The molecule has 2 heterocycles. The van der Waals surface area contributed by atoms with Crippen LogP contribution in [-0.2, 0) is 4.74 Å². The second-order valence-electron chi connectivity index (χ2n) is 7.06. The maximum atomic E-state index is 14.0. The summed E-state index contributed by atoms with van der Waals surface area (Å²) in [5.74, 6) is -1.14. The monoisotopic (exact) mass is 441 g/mol. The van der Waals surface area contributed by atoms with Crippen LogP contribution in [0.3, 0.4) is 0 Å². The van der Waals surface area contributed by atoms with E-state index in [1.54, 1.807) is 60.7 Å². The molecule has 0 radical (unpaired) electrons. The number of carbonyl (C=O) groups is 1. The fourth-order valence-electron chi connectivity index (χ4n) is 3.39. The summed E-state index contributed by atoms with van der Waals surface area (Å²) in [6.45, 7) is 2.94. The summed E-state index contributed by atoms with van der Waals surface area (Å²) < 4.78 is 53.4. The molecule has 0 aliphatic carbocycles. The predicted octanol–water partition coefficient (Wildman–Crippen LogP) is 5.60. The van der Waals surface area contributed by atoms with Crippen molar-refractivity contribution in [1.82, 2.24) is 14.8 Å². The third-order valence-electron chi connectivity index (χ3n) is 4.87. The SMILES string of the molecule is Cc1nn(-c2ccccc2)c(C)c1[C@H](OC(=O)c1coc(-c2ccccc2)n1)C(F)(F)F. The van der Waals surface area contributed by atoms with E-state index in [-0.39, 0.29) is 28.5 Å². The maximum Gasteiger partial charge on any atom is 0.430 e. The van der Waals surface area contributed by atoms with Crippen LogP contribution >= 0.6 is 0 Å². The smallest absolute Gasteiger partial charge is 0.430 e. The Morgan fingerprint density at radius 1 is 1.03 bits per heavy atom. The zero-order valence-electron chi connectivity index (χ0n) is 17.1. The molecule has 0 fully saturated rings. The number of benzene rings is 2. The van der Waals surface area contributed by atoms with Crippen LogP contribution in [0.25, 0.3) is 17.1 Å². The van der Waals surface area contributed by atoms with Crippen LogP contribution in [0, 0.1) is 13.8 Å². The molecule has 2 aromatic carbocycles. The third kappa shape index (κ3) is 4.14. The first-order chi connectivity index (χ1) is 15.3. The van der Waals surface area contributed by atoms with Gasteiger partial charge >= 0.3 is 12.1 Å². The Morgan fingerprint density at radius 2 is 1.66 bits per heavy atom. The van der Waals surface area contributed by atoms with Gasteiger partial charge in [0.15, 0.2) is 5.69 Å². The largest absolute Gasteiger partial charge is 0.444 e. The van der Waals surface area contributed by atoms with Crippen LogP contribution in [0.1, 0.15) is 33.5 Å². The zero-order chi connectivity index (χ0) is 22.9. The van der Waals surface area contributed by atoms with E-state index in [4.69, 9.17) is 9.15 Å². The van der Waals surface area contributed by atoms with Gasteiger partial charge in [0.25, 0.3) is 0 Å². The van der Waals surface area contributed by atoms with Crippen LogP contribution in [0.2, 0.25) is 0 Å². The number of hydrogen-bond donors (Lipinski definition) is 0. The van der Waals surface area contributed by atoms with Gasteiger partial charge in [0.2, 0.25) is 12.0 Å². The van der Waals surface area contributed by atoms with Crippen LogP contribution in [-0.4, -0.2) is 26.9 Å². The van der Waals surface area contributed by atoms with E-state index in [1.165, 1.54) is 18.5 Å². The highest BCUT2D eigenvalue weighted by atomic mass is 19.4. The van der Waals surface area contributed by atoms with Gasteiger partial charge in [0.1, 0.15) is 6.26 Å². The van der Waals surface area contributed by atoms with Gasteiger partial charge in [-0.1, -0.05) is 36.4 Å². The lowest BCUT2D eigenvalue weighted by Gasteiger charge is -2.21. The molecule has 2 aromatic heterocycles. The summed E-state index contributed by atoms with van der Waals surface area (Å²) >= 11 is 0. The zero-order valence-corrected chi connectivity index (χ0v) is 17.1. The van der Waals surface area contributed by atoms with Crippen molar-refractivity contribution in [2.75, 3.05) is 0 Å². The van der Waals surface area contributed by atoms with Crippen LogP contribution in [0.5, 0.6) is 0 Å². The van der Waals surface area contributed by atoms with Crippen LogP contribution in [0.15, 0.2) is 71.3 Å². The Kier molecular flexibility index (Phi) is 5.56. The number of aryl methyl sites for hydroxylation is 1. The Hall–Kier alpha value is -3.88. The summed E-state index contributed by atoms with van der Waals surface area (Å²) in [6.07, 6.45) is -6.39. The summed E-state index contributed by atoms with van der Waals surface area (Å²) in [4.78, 5) is 16.5. The lowest BCUT2D eigenvalue weighted by molar-refractivity contribution is -0.207. The predicted molar refractivity (Wildman–Crippen MR) is 109 cm³/mol. The first kappa shape index (κ1) is 21.4. The van der Waals surface area contributed by atoms with E-state index in [0.717, 1.165) is 6.26 Å². The highest BCUT2D eigenvalue weighted by Crippen LogP contribution is 2.40. The molecular weight excluding hydrogens is 423 g/mol. The molecule has 1 atom stereocenters. The van der Waals surface area contributed by atoms with Gasteiger partial charge in [-0.3, -0.25) is 0 Å². The number of para-hydroxylation sites is 1. The van der Waals surface area contributed by atoms with E-state index < -0.39 is 18.2 Å². The number of oxazole rings is 1. The second-order valence-corrected chi connectivity index (χ2v) is 7.06. The first-order valence-corrected chi connectivity index (χ1v) is 9.66. The summed E-state index contributed by atoms with van der Waals surface area (Å²) in [5, 5.41) is 4.23. The second kappa shape index (κ2) is 8.33. The Morgan fingerprint density at radius 3 is 2.28 bits per heavy atom. The molecule has 0 spiro atoms. The number of alkyl halides is 3. The molecule has 0 amide bonds. The number of esters is 1. The van der Waals surface area contributed by atoms with Gasteiger partial charge in [-0.15, -0.1) is 0 Å². The van der Waals surface area contributed by atoms with E-state index >= 15 is 0 Å². The number of aromatic nitrogens is 3. The van der Waals surface area contributed by atoms with Crippen molar-refractivity contribution in [3.63, 3.8) is 0 Å². The van der Waals surface area contributed by atoms with Crippen molar-refractivity contribution in [2.45, 2.75) is 26.1 Å². The molecule has 0 saturated carbocycles. The fourth-order valence-corrected chi connectivity index (χ4v) is 3.39. The topological polar surface area (TPSA) is 70.2 Å². The minimum atomic E-state index is -4.86. The minimum Gasteiger partial charge on any atom is -0.444 e. The van der Waals surface area contributed by atoms with Gasteiger partial charge in [-0.05, 0) is 38.1 Å².